The van der Waals surface area contributed by atoms with Crippen LogP contribution >= 0.6 is 12.4 Å². The molecule has 0 amide bonds. The van der Waals surface area contributed by atoms with E-state index in [0.29, 0.717) is 0 Å². The minimum absolute atomic E-state index is 0. The van der Waals surface area contributed by atoms with Crippen molar-refractivity contribution in [3.05, 3.63) is 69.5 Å². The fourth-order valence-corrected chi connectivity index (χ4v) is 1.84. The van der Waals surface area contributed by atoms with Gasteiger partial charge < -0.3 is 0 Å². The van der Waals surface area contributed by atoms with Crippen LogP contribution in [0.5, 0.6) is 0 Å². The topological polar surface area (TPSA) is 12.4 Å². The molecule has 1 heterocycles. The van der Waals surface area contributed by atoms with Crippen molar-refractivity contribution in [2.75, 3.05) is 0 Å². The highest BCUT2D eigenvalue weighted by Gasteiger charge is 1.88. The molecule has 1 nitrogen and oxygen atoms in total. The Balaban J connectivity index is 0.00000108. The lowest BCUT2D eigenvalue weighted by Gasteiger charge is -1.93. The van der Waals surface area contributed by atoms with E-state index in [2.05, 4.69) is 35.3 Å². The third kappa shape index (κ3) is 2.29. The van der Waals surface area contributed by atoms with E-state index in [-0.39, 0.29) is 12.4 Å². The van der Waals surface area contributed by atoms with Crippen LogP contribution in [0.3, 0.4) is 0 Å². The molecule has 3 rings (SSSR count). The zero-order valence-electron chi connectivity index (χ0n) is 9.21. The molecule has 0 unspecified atom stereocenters. The Morgan fingerprint density at radius 3 is 2.06 bits per heavy atom. The highest BCUT2D eigenvalue weighted by atomic mass is 35.5. The van der Waals surface area contributed by atoms with E-state index >= 15 is 0 Å². The van der Waals surface area contributed by atoms with Crippen LogP contribution in [-0.2, 0) is 0 Å². The number of rotatable bonds is 0. The van der Waals surface area contributed by atoms with Crippen molar-refractivity contribution in [1.82, 2.24) is 0 Å². The van der Waals surface area contributed by atoms with E-state index < -0.39 is 0 Å². The molecule has 0 aliphatic carbocycles. The fraction of sp³-hybridized carbons (Fsp3) is 0. The monoisotopic (exact) mass is 241 g/mol. The Labute approximate surface area is 106 Å². The summed E-state index contributed by atoms with van der Waals surface area (Å²) >= 11 is 0. The second-order valence-corrected chi connectivity index (χ2v) is 3.78. The normalized spacial score (nSPS) is 13.8. The van der Waals surface area contributed by atoms with Crippen LogP contribution in [-0.4, -0.2) is 0 Å². The molecule has 2 aromatic carbocycles. The Hall–Kier alpha value is -1.86. The molecule has 84 valence electrons. The van der Waals surface area contributed by atoms with Crippen LogP contribution in [0, 0.1) is 0 Å². The Morgan fingerprint density at radius 2 is 1.24 bits per heavy atom. The lowest BCUT2D eigenvalue weighted by atomic mass is 10.2. The van der Waals surface area contributed by atoms with Crippen LogP contribution in [0.25, 0.3) is 18.4 Å². The molecule has 17 heavy (non-hydrogen) atoms. The van der Waals surface area contributed by atoms with Crippen molar-refractivity contribution in [2.45, 2.75) is 0 Å². The number of nitrogens with zero attached hydrogens (tertiary/aromatic N) is 1. The van der Waals surface area contributed by atoms with Crippen molar-refractivity contribution in [3.8, 4) is 0 Å². The summed E-state index contributed by atoms with van der Waals surface area (Å²) in [6.45, 7) is 0. The number of hydrogen-bond donors (Lipinski definition) is 0. The fourth-order valence-electron chi connectivity index (χ4n) is 1.84. The molecule has 0 atom stereocenters. The summed E-state index contributed by atoms with van der Waals surface area (Å²) in [5, 5.41) is 4.55. The van der Waals surface area contributed by atoms with Crippen LogP contribution in [0.1, 0.15) is 0 Å². The van der Waals surface area contributed by atoms with Gasteiger partial charge in [-0.1, -0.05) is 54.6 Å². The Bertz CT molecular complexity index is 626. The maximum Gasteiger partial charge on any atom is 0.0702 e. The van der Waals surface area contributed by atoms with Crippen molar-refractivity contribution in [3.63, 3.8) is 0 Å². The molecule has 0 bridgehead atoms. The summed E-state index contributed by atoms with van der Waals surface area (Å²) in [6.07, 6.45) is 6.18. The predicted octanol–water partition coefficient (Wildman–Crippen LogP) is 0.741. The summed E-state index contributed by atoms with van der Waals surface area (Å²) in [7, 11) is 0. The molecule has 1 aliphatic rings. The van der Waals surface area contributed by atoms with Gasteiger partial charge in [-0.05, 0) is 16.5 Å². The highest BCUT2D eigenvalue weighted by molar-refractivity contribution is 5.85. The van der Waals surface area contributed by atoms with Crippen molar-refractivity contribution < 1.29 is 0 Å². The van der Waals surface area contributed by atoms with E-state index in [9.17, 15) is 0 Å². The highest BCUT2D eigenvalue weighted by Crippen LogP contribution is 1.79. The average Bonchev–Trinajstić information content (AvgIpc) is 2.32. The van der Waals surface area contributed by atoms with Crippen LogP contribution in [0.15, 0.2) is 53.5 Å². The quantitative estimate of drug-likeness (QED) is 0.645. The first-order valence-electron chi connectivity index (χ1n) is 5.34. The van der Waals surface area contributed by atoms with Gasteiger partial charge in [0, 0.05) is 11.4 Å². The molecule has 0 saturated carbocycles. The molecule has 1 aliphatic heterocycles. The third-order valence-electron chi connectivity index (χ3n) is 2.72. The number of para-hydroxylation sites is 1. The van der Waals surface area contributed by atoms with Crippen LogP contribution < -0.4 is 21.0 Å². The molecule has 0 saturated heterocycles. The third-order valence-corrected chi connectivity index (χ3v) is 2.72. The zero-order chi connectivity index (χ0) is 10.8. The number of benzene rings is 2. The number of halogens is 1. The second kappa shape index (κ2) is 4.98. The maximum absolute atomic E-state index is 4.51. The van der Waals surface area contributed by atoms with E-state index in [1.54, 1.807) is 0 Å². The molecule has 2 aromatic rings. The van der Waals surface area contributed by atoms with Gasteiger partial charge >= 0.3 is 0 Å². The Kier molecular flexibility index (Phi) is 3.40. The van der Waals surface area contributed by atoms with Gasteiger partial charge in [-0.3, -0.25) is 4.99 Å². The first-order valence-corrected chi connectivity index (χ1v) is 5.34. The molecular weight excluding hydrogens is 230 g/mol. The Morgan fingerprint density at radius 1 is 0.647 bits per heavy atom. The number of hydrogen-bond acceptors (Lipinski definition) is 1. The van der Waals surface area contributed by atoms with E-state index in [4.69, 9.17) is 0 Å². The standard InChI is InChI=1S/C15H11N.ClH/c1-2-7-14-11-16-15-8-4-3-6-13(15)10-9-12(14)5-1;/h1-11H;1H/b10-9?,12-9?,13-10?,14-11-,16-11?,16-15?;. The van der Waals surface area contributed by atoms with Crippen molar-refractivity contribution >= 4 is 30.8 Å². The van der Waals surface area contributed by atoms with Crippen LogP contribution in [0.4, 0.5) is 0 Å². The average molecular weight is 242 g/mol. The van der Waals surface area contributed by atoms with Gasteiger partial charge in [-0.25, -0.2) is 0 Å². The first kappa shape index (κ1) is 11.6. The van der Waals surface area contributed by atoms with Gasteiger partial charge in [0.15, 0.2) is 0 Å². The van der Waals surface area contributed by atoms with Crippen molar-refractivity contribution in [2.24, 2.45) is 4.99 Å². The van der Waals surface area contributed by atoms with Gasteiger partial charge in [0.05, 0.1) is 5.36 Å². The van der Waals surface area contributed by atoms with Gasteiger partial charge in [-0.2, -0.15) is 0 Å². The minimum Gasteiger partial charge on any atom is -0.256 e. The minimum atomic E-state index is 0. The maximum atomic E-state index is 4.51. The van der Waals surface area contributed by atoms with Gasteiger partial charge in [0.1, 0.15) is 0 Å². The van der Waals surface area contributed by atoms with Gasteiger partial charge in [0.25, 0.3) is 0 Å². The molecular formula is C15H12ClN. The van der Waals surface area contributed by atoms with E-state index in [1.807, 2.05) is 36.5 Å². The lowest BCUT2D eigenvalue weighted by Crippen LogP contribution is -2.29. The summed E-state index contributed by atoms with van der Waals surface area (Å²) in [4.78, 5) is 4.51. The largest absolute Gasteiger partial charge is 0.256 e. The van der Waals surface area contributed by atoms with E-state index in [1.165, 1.54) is 5.22 Å². The molecule has 2 heteroatoms. The second-order valence-electron chi connectivity index (χ2n) is 3.78. The van der Waals surface area contributed by atoms with Crippen molar-refractivity contribution in [1.29, 1.82) is 0 Å². The van der Waals surface area contributed by atoms with E-state index in [0.717, 1.165) is 15.8 Å². The lowest BCUT2D eigenvalue weighted by molar-refractivity contribution is 1.33. The molecule has 0 fully saturated rings. The smallest absolute Gasteiger partial charge is 0.0702 e. The SMILES string of the molecule is C1=c2ccccc2=N/C=c2/ccccc2=C1.Cl. The summed E-state index contributed by atoms with van der Waals surface area (Å²) in [6, 6.07) is 16.4. The summed E-state index contributed by atoms with van der Waals surface area (Å²) < 4.78 is 0. The summed E-state index contributed by atoms with van der Waals surface area (Å²) in [5.74, 6) is 0. The first-order chi connectivity index (χ1) is 7.93. The van der Waals surface area contributed by atoms with Crippen LogP contribution in [0.2, 0.25) is 0 Å². The molecule has 0 spiro atoms. The molecule has 0 N–H and O–H groups in total. The van der Waals surface area contributed by atoms with Gasteiger partial charge in [-0.15, -0.1) is 12.4 Å². The predicted molar refractivity (Wildman–Crippen MR) is 73.6 cm³/mol. The molecule has 0 radical (unpaired) electrons. The zero-order valence-corrected chi connectivity index (χ0v) is 10.0. The molecule has 0 aromatic heterocycles. The summed E-state index contributed by atoms with van der Waals surface area (Å²) in [5.41, 5.74) is 0. The number of fused-ring (bicyclic) bond motifs is 2. The van der Waals surface area contributed by atoms with Gasteiger partial charge in [0.2, 0.25) is 0 Å².